The van der Waals surface area contributed by atoms with Crippen LogP contribution in [0.1, 0.15) is 22.1 Å². The minimum absolute atomic E-state index is 0.0839. The number of hydrogen-bond acceptors (Lipinski definition) is 3. The Kier molecular flexibility index (Phi) is 6.08. The molecule has 0 bridgehead atoms. The Labute approximate surface area is 187 Å². The van der Waals surface area contributed by atoms with E-state index in [0.29, 0.717) is 21.8 Å². The van der Waals surface area contributed by atoms with Crippen molar-refractivity contribution in [1.29, 1.82) is 0 Å². The monoisotopic (exact) mass is 458 g/mol. The SMILES string of the molecule is O=C(N[C@H](CO)c1ccc(F)c(Cl)c1)c1cc(-c2n[nH]cc2-c2cccc(Cl)c2)c[nH]1. The molecule has 1 amide bonds. The minimum atomic E-state index is -0.746. The molecule has 2 heterocycles. The molecule has 2 aromatic carbocycles. The molecule has 4 rings (SSSR count). The van der Waals surface area contributed by atoms with Crippen LogP contribution in [0.4, 0.5) is 4.39 Å². The number of carbonyl (C=O) groups excluding carboxylic acids is 1. The Balaban J connectivity index is 1.56. The fraction of sp³-hybridized carbons (Fsp3) is 0.0909. The maximum atomic E-state index is 13.4. The molecule has 4 aromatic rings. The van der Waals surface area contributed by atoms with Crippen molar-refractivity contribution in [2.75, 3.05) is 6.61 Å². The van der Waals surface area contributed by atoms with Crippen molar-refractivity contribution < 1.29 is 14.3 Å². The van der Waals surface area contributed by atoms with E-state index in [2.05, 4.69) is 20.5 Å². The van der Waals surface area contributed by atoms with Crippen molar-refractivity contribution in [3.8, 4) is 22.4 Å². The average molecular weight is 459 g/mol. The molecule has 4 N–H and O–H groups in total. The number of rotatable bonds is 6. The number of aliphatic hydroxyl groups is 1. The Hall–Kier alpha value is -3.13. The molecule has 0 aliphatic rings. The first-order chi connectivity index (χ1) is 15.0. The quantitative estimate of drug-likeness (QED) is 0.328. The molecule has 0 spiro atoms. The third-order valence-electron chi connectivity index (χ3n) is 4.81. The normalized spacial score (nSPS) is 12.0. The summed E-state index contributed by atoms with van der Waals surface area (Å²) in [4.78, 5) is 15.6. The van der Waals surface area contributed by atoms with Crippen LogP contribution in [-0.4, -0.2) is 32.8 Å². The Morgan fingerprint density at radius 2 is 1.97 bits per heavy atom. The first kappa shape index (κ1) is 21.1. The van der Waals surface area contributed by atoms with Gasteiger partial charge in [-0.05, 0) is 41.5 Å². The predicted molar refractivity (Wildman–Crippen MR) is 118 cm³/mol. The number of amides is 1. The molecule has 0 fully saturated rings. The summed E-state index contributed by atoms with van der Waals surface area (Å²) in [7, 11) is 0. The van der Waals surface area contributed by atoms with Gasteiger partial charge in [-0.25, -0.2) is 4.39 Å². The van der Waals surface area contributed by atoms with Crippen LogP contribution in [0.3, 0.4) is 0 Å². The van der Waals surface area contributed by atoms with Crippen molar-refractivity contribution in [3.63, 3.8) is 0 Å². The number of nitrogens with one attached hydrogen (secondary N) is 3. The number of halogens is 3. The molecular weight excluding hydrogens is 442 g/mol. The van der Waals surface area contributed by atoms with Crippen molar-refractivity contribution in [1.82, 2.24) is 20.5 Å². The number of H-pyrrole nitrogens is 2. The number of carbonyl (C=O) groups is 1. The maximum Gasteiger partial charge on any atom is 0.268 e. The van der Waals surface area contributed by atoms with Gasteiger partial charge in [0.1, 0.15) is 17.2 Å². The summed E-state index contributed by atoms with van der Waals surface area (Å²) in [6, 6.07) is 12.3. The van der Waals surface area contributed by atoms with Gasteiger partial charge >= 0.3 is 0 Å². The molecule has 0 unspecified atom stereocenters. The van der Waals surface area contributed by atoms with Crippen molar-refractivity contribution in [2.45, 2.75) is 6.04 Å². The largest absolute Gasteiger partial charge is 0.394 e. The summed E-state index contributed by atoms with van der Waals surface area (Å²) in [5.74, 6) is -1.01. The molecule has 2 aromatic heterocycles. The zero-order valence-electron chi connectivity index (χ0n) is 16.0. The second-order valence-corrected chi connectivity index (χ2v) is 7.69. The molecule has 9 heteroatoms. The Bertz CT molecular complexity index is 1240. The highest BCUT2D eigenvalue weighted by Gasteiger charge is 2.19. The summed E-state index contributed by atoms with van der Waals surface area (Å²) < 4.78 is 13.4. The zero-order valence-corrected chi connectivity index (χ0v) is 17.5. The van der Waals surface area contributed by atoms with Gasteiger partial charge in [0, 0.05) is 28.5 Å². The molecule has 0 saturated heterocycles. The molecule has 6 nitrogen and oxygen atoms in total. The molecule has 1 atom stereocenters. The third-order valence-corrected chi connectivity index (χ3v) is 5.34. The second-order valence-electron chi connectivity index (χ2n) is 6.84. The van der Waals surface area contributed by atoms with Crippen LogP contribution in [0, 0.1) is 5.82 Å². The van der Waals surface area contributed by atoms with Gasteiger partial charge in [-0.2, -0.15) is 5.10 Å². The summed E-state index contributed by atoms with van der Waals surface area (Å²) in [6.07, 6.45) is 3.43. The lowest BCUT2D eigenvalue weighted by Gasteiger charge is -2.16. The maximum absolute atomic E-state index is 13.4. The Morgan fingerprint density at radius 3 is 2.71 bits per heavy atom. The van der Waals surface area contributed by atoms with Gasteiger partial charge in [-0.1, -0.05) is 41.4 Å². The van der Waals surface area contributed by atoms with Crippen molar-refractivity contribution in [2.24, 2.45) is 0 Å². The smallest absolute Gasteiger partial charge is 0.268 e. The van der Waals surface area contributed by atoms with Crippen molar-refractivity contribution >= 4 is 29.1 Å². The predicted octanol–water partition coefficient (Wildman–Crippen LogP) is 4.98. The van der Waals surface area contributed by atoms with E-state index in [1.165, 1.54) is 18.2 Å². The lowest BCUT2D eigenvalue weighted by Crippen LogP contribution is -2.31. The van der Waals surface area contributed by atoms with Crippen LogP contribution in [-0.2, 0) is 0 Å². The van der Waals surface area contributed by atoms with Gasteiger partial charge in [-0.15, -0.1) is 0 Å². The van der Waals surface area contributed by atoms with Crippen LogP contribution >= 0.6 is 23.2 Å². The molecule has 0 radical (unpaired) electrons. The molecule has 0 aliphatic heterocycles. The summed E-state index contributed by atoms with van der Waals surface area (Å²) in [5, 5.41) is 20.1. The first-order valence-electron chi connectivity index (χ1n) is 9.31. The van der Waals surface area contributed by atoms with Crippen LogP contribution in [0.15, 0.2) is 60.9 Å². The molecule has 0 aliphatic carbocycles. The number of aromatic nitrogens is 3. The van der Waals surface area contributed by atoms with Gasteiger partial charge in [0.25, 0.3) is 5.91 Å². The van der Waals surface area contributed by atoms with Gasteiger partial charge in [0.2, 0.25) is 0 Å². The second kappa shape index (κ2) is 8.93. The zero-order chi connectivity index (χ0) is 22.0. The van der Waals surface area contributed by atoms with Crippen LogP contribution in [0.25, 0.3) is 22.4 Å². The van der Waals surface area contributed by atoms with E-state index in [1.807, 2.05) is 18.2 Å². The lowest BCUT2D eigenvalue weighted by atomic mass is 10.0. The van der Waals surface area contributed by atoms with E-state index >= 15 is 0 Å². The first-order valence-corrected chi connectivity index (χ1v) is 10.1. The molecule has 158 valence electrons. The fourth-order valence-corrected chi connectivity index (χ4v) is 3.63. The lowest BCUT2D eigenvalue weighted by molar-refractivity contribution is 0.0911. The molecule has 0 saturated carbocycles. The van der Waals surface area contributed by atoms with E-state index in [0.717, 1.165) is 11.1 Å². The summed E-state index contributed by atoms with van der Waals surface area (Å²) in [6.45, 7) is -0.375. The van der Waals surface area contributed by atoms with Gasteiger partial charge in [0.05, 0.1) is 17.7 Å². The number of benzene rings is 2. The third kappa shape index (κ3) is 4.49. The summed E-state index contributed by atoms with van der Waals surface area (Å²) >= 11 is 11.9. The Morgan fingerprint density at radius 1 is 1.13 bits per heavy atom. The van der Waals surface area contributed by atoms with Gasteiger partial charge in [0.15, 0.2) is 0 Å². The number of aromatic amines is 2. The highest BCUT2D eigenvalue weighted by atomic mass is 35.5. The highest BCUT2D eigenvalue weighted by Crippen LogP contribution is 2.32. The van der Waals surface area contributed by atoms with E-state index in [4.69, 9.17) is 23.2 Å². The van der Waals surface area contributed by atoms with Crippen molar-refractivity contribution in [3.05, 3.63) is 88.0 Å². The number of nitrogens with zero attached hydrogens (tertiary/aromatic N) is 1. The van der Waals surface area contributed by atoms with Crippen LogP contribution < -0.4 is 5.32 Å². The highest BCUT2D eigenvalue weighted by molar-refractivity contribution is 6.31. The van der Waals surface area contributed by atoms with Gasteiger partial charge in [-0.3, -0.25) is 9.89 Å². The van der Waals surface area contributed by atoms with Crippen LogP contribution in [0.2, 0.25) is 10.0 Å². The summed E-state index contributed by atoms with van der Waals surface area (Å²) in [5.41, 5.74) is 3.85. The van der Waals surface area contributed by atoms with E-state index in [1.54, 1.807) is 24.5 Å². The average Bonchev–Trinajstić information content (AvgIpc) is 3.43. The minimum Gasteiger partial charge on any atom is -0.394 e. The standard InChI is InChI=1S/C22H17Cl2FN4O2/c23-15-3-1-2-12(6-15)16-10-27-29-21(16)14-8-19(26-9-14)22(31)28-20(11-30)13-4-5-18(25)17(24)7-13/h1-10,20,26,30H,11H2,(H,27,29)(H,28,31)/t20-/m1/s1. The number of hydrogen-bond donors (Lipinski definition) is 4. The van der Waals surface area contributed by atoms with E-state index in [9.17, 15) is 14.3 Å². The van der Waals surface area contributed by atoms with E-state index < -0.39 is 17.8 Å². The molecule has 31 heavy (non-hydrogen) atoms. The van der Waals surface area contributed by atoms with E-state index in [-0.39, 0.29) is 17.3 Å². The fourth-order valence-electron chi connectivity index (χ4n) is 3.25. The van der Waals surface area contributed by atoms with Gasteiger partial charge < -0.3 is 15.4 Å². The topological polar surface area (TPSA) is 93.8 Å². The number of aliphatic hydroxyl groups excluding tert-OH is 1. The molecular formula is C22H17Cl2FN4O2. The van der Waals surface area contributed by atoms with Crippen LogP contribution in [0.5, 0.6) is 0 Å².